The minimum Gasteiger partial charge on any atom is -0.476 e. The van der Waals surface area contributed by atoms with Gasteiger partial charge in [-0.25, -0.2) is 13.9 Å². The highest BCUT2D eigenvalue weighted by Gasteiger charge is 2.11. The Kier molecular flexibility index (Phi) is 2.57. The molecule has 2 rings (SSSR count). The Balaban J connectivity index is 2.50. The molecule has 0 spiro atoms. The van der Waals surface area contributed by atoms with Gasteiger partial charge in [-0.3, -0.25) is 0 Å². The Bertz CT molecular complexity index is 555. The first kappa shape index (κ1) is 10.6. The molecule has 1 aromatic carbocycles. The Hall–Kier alpha value is -1.95. The summed E-state index contributed by atoms with van der Waals surface area (Å²) in [5.41, 5.74) is 0.00185. The van der Waals surface area contributed by atoms with Gasteiger partial charge in [-0.15, -0.1) is 5.10 Å². The van der Waals surface area contributed by atoms with E-state index in [1.54, 1.807) is 0 Å². The van der Waals surface area contributed by atoms with Crippen LogP contribution in [0.5, 0.6) is 0 Å². The van der Waals surface area contributed by atoms with Crippen LogP contribution in [-0.2, 0) is 0 Å². The van der Waals surface area contributed by atoms with Crippen molar-refractivity contribution < 1.29 is 14.3 Å². The molecule has 0 saturated heterocycles. The number of hydrogen-bond donors (Lipinski definition) is 1. The van der Waals surface area contributed by atoms with Crippen molar-refractivity contribution in [3.05, 3.63) is 40.9 Å². The number of aromatic nitrogens is 3. The quantitative estimate of drug-likeness (QED) is 0.870. The number of carbonyl (C=O) groups is 1. The van der Waals surface area contributed by atoms with Crippen LogP contribution in [0.2, 0.25) is 5.02 Å². The monoisotopic (exact) mass is 241 g/mol. The topological polar surface area (TPSA) is 68.0 Å². The van der Waals surface area contributed by atoms with Gasteiger partial charge in [0.15, 0.2) is 5.69 Å². The Morgan fingerprint density at radius 1 is 1.50 bits per heavy atom. The molecule has 0 radical (unpaired) electrons. The van der Waals surface area contributed by atoms with Gasteiger partial charge in [-0.1, -0.05) is 16.8 Å². The molecule has 1 heterocycles. The maximum Gasteiger partial charge on any atom is 0.358 e. The van der Waals surface area contributed by atoms with Crippen molar-refractivity contribution in [1.82, 2.24) is 15.0 Å². The second-order valence-corrected chi connectivity index (χ2v) is 3.36. The summed E-state index contributed by atoms with van der Waals surface area (Å²) in [7, 11) is 0. The molecule has 2 aromatic rings. The minimum atomic E-state index is -1.21. The largest absolute Gasteiger partial charge is 0.476 e. The molecule has 0 fully saturated rings. The molecule has 0 atom stereocenters. The number of nitrogens with zero attached hydrogens (tertiary/aromatic N) is 3. The summed E-state index contributed by atoms with van der Waals surface area (Å²) < 4.78 is 14.1. The third kappa shape index (κ3) is 1.87. The van der Waals surface area contributed by atoms with Crippen molar-refractivity contribution in [2.75, 3.05) is 0 Å². The lowest BCUT2D eigenvalue weighted by Crippen LogP contribution is -1.97. The summed E-state index contributed by atoms with van der Waals surface area (Å²) >= 11 is 5.82. The predicted octanol–water partition coefficient (Wildman–Crippen LogP) is 1.76. The molecule has 0 amide bonds. The molecule has 5 nitrogen and oxygen atoms in total. The Morgan fingerprint density at radius 3 is 2.88 bits per heavy atom. The molecular weight excluding hydrogens is 237 g/mol. The maximum absolute atomic E-state index is 13.0. The summed E-state index contributed by atoms with van der Waals surface area (Å²) in [4.78, 5) is 10.6. The predicted molar refractivity (Wildman–Crippen MR) is 53.3 cm³/mol. The van der Waals surface area contributed by atoms with Crippen molar-refractivity contribution in [2.24, 2.45) is 0 Å². The van der Waals surface area contributed by atoms with Gasteiger partial charge in [0.2, 0.25) is 0 Å². The lowest BCUT2D eigenvalue weighted by atomic mass is 10.3. The van der Waals surface area contributed by atoms with Crippen molar-refractivity contribution in [3.8, 4) is 5.69 Å². The second kappa shape index (κ2) is 3.90. The first-order valence-corrected chi connectivity index (χ1v) is 4.57. The molecule has 7 heteroatoms. The standard InChI is InChI=1S/C9H5ClFN3O2/c10-6-2-1-5(11)3-8(6)14-4-7(9(15)16)12-13-14/h1-4H,(H,15,16). The van der Waals surface area contributed by atoms with Crippen LogP contribution in [0.1, 0.15) is 10.5 Å². The zero-order valence-corrected chi connectivity index (χ0v) is 8.52. The fraction of sp³-hybridized carbons (Fsp3) is 0. The normalized spacial score (nSPS) is 10.4. The molecule has 0 unspecified atom stereocenters. The van der Waals surface area contributed by atoms with E-state index in [2.05, 4.69) is 10.3 Å². The Labute approximate surface area is 94.1 Å². The number of carboxylic acids is 1. The van der Waals surface area contributed by atoms with Crippen molar-refractivity contribution in [1.29, 1.82) is 0 Å². The van der Waals surface area contributed by atoms with E-state index in [0.29, 0.717) is 0 Å². The molecule has 1 N–H and O–H groups in total. The zero-order chi connectivity index (χ0) is 11.7. The third-order valence-corrected chi connectivity index (χ3v) is 2.19. The van der Waals surface area contributed by atoms with E-state index in [9.17, 15) is 9.18 Å². The highest BCUT2D eigenvalue weighted by Crippen LogP contribution is 2.20. The van der Waals surface area contributed by atoms with Gasteiger partial charge in [-0.2, -0.15) is 0 Å². The molecule has 82 valence electrons. The lowest BCUT2D eigenvalue weighted by molar-refractivity contribution is 0.0690. The summed E-state index contributed by atoms with van der Waals surface area (Å²) in [6, 6.07) is 3.69. The number of hydrogen-bond acceptors (Lipinski definition) is 3. The highest BCUT2D eigenvalue weighted by molar-refractivity contribution is 6.32. The van der Waals surface area contributed by atoms with Crippen LogP contribution in [0.15, 0.2) is 24.4 Å². The van der Waals surface area contributed by atoms with Crippen LogP contribution in [0.25, 0.3) is 5.69 Å². The van der Waals surface area contributed by atoms with Crippen LogP contribution in [-0.4, -0.2) is 26.1 Å². The van der Waals surface area contributed by atoms with Crippen molar-refractivity contribution >= 4 is 17.6 Å². The molecule has 0 aliphatic carbocycles. The minimum absolute atomic E-state index is 0.236. The maximum atomic E-state index is 13.0. The number of benzene rings is 1. The van der Waals surface area contributed by atoms with E-state index in [1.165, 1.54) is 12.1 Å². The van der Waals surface area contributed by atoms with Gasteiger partial charge >= 0.3 is 5.97 Å². The van der Waals surface area contributed by atoms with Crippen LogP contribution < -0.4 is 0 Å². The molecular formula is C9H5ClFN3O2. The summed E-state index contributed by atoms with van der Waals surface area (Å²) in [6.07, 6.45) is 1.16. The van der Waals surface area contributed by atoms with E-state index >= 15 is 0 Å². The average Bonchev–Trinajstić information content (AvgIpc) is 2.70. The third-order valence-electron chi connectivity index (χ3n) is 1.87. The lowest BCUT2D eigenvalue weighted by Gasteiger charge is -2.02. The first-order valence-electron chi connectivity index (χ1n) is 4.19. The molecule has 1 aromatic heterocycles. The van der Waals surface area contributed by atoms with E-state index in [0.717, 1.165) is 16.9 Å². The summed E-state index contributed by atoms with van der Waals surface area (Å²) in [6.45, 7) is 0. The highest BCUT2D eigenvalue weighted by atomic mass is 35.5. The van der Waals surface area contributed by atoms with Crippen LogP contribution in [0, 0.1) is 5.82 Å². The van der Waals surface area contributed by atoms with Gasteiger partial charge in [0.1, 0.15) is 5.82 Å². The van der Waals surface area contributed by atoms with Gasteiger partial charge < -0.3 is 5.11 Å². The van der Waals surface area contributed by atoms with Crippen molar-refractivity contribution in [2.45, 2.75) is 0 Å². The second-order valence-electron chi connectivity index (χ2n) is 2.95. The summed E-state index contributed by atoms with van der Waals surface area (Å²) in [5.74, 6) is -1.70. The molecule has 0 bridgehead atoms. The van der Waals surface area contributed by atoms with Crippen LogP contribution in [0.4, 0.5) is 4.39 Å². The zero-order valence-electron chi connectivity index (χ0n) is 7.76. The van der Waals surface area contributed by atoms with E-state index in [1.807, 2.05) is 0 Å². The Morgan fingerprint density at radius 2 is 2.25 bits per heavy atom. The molecule has 16 heavy (non-hydrogen) atoms. The summed E-state index contributed by atoms with van der Waals surface area (Å²) in [5, 5.41) is 15.8. The number of aromatic carboxylic acids is 1. The van der Waals surface area contributed by atoms with Crippen LogP contribution in [0.3, 0.4) is 0 Å². The molecule has 0 aliphatic rings. The number of halogens is 2. The van der Waals surface area contributed by atoms with E-state index in [4.69, 9.17) is 16.7 Å². The smallest absolute Gasteiger partial charge is 0.358 e. The number of carboxylic acid groups (broad SMARTS) is 1. The van der Waals surface area contributed by atoms with Gasteiger partial charge in [0.05, 0.1) is 16.9 Å². The van der Waals surface area contributed by atoms with Crippen molar-refractivity contribution in [3.63, 3.8) is 0 Å². The number of rotatable bonds is 2. The molecule has 0 aliphatic heterocycles. The van der Waals surface area contributed by atoms with Gasteiger partial charge in [0, 0.05) is 6.07 Å². The van der Waals surface area contributed by atoms with E-state index in [-0.39, 0.29) is 16.4 Å². The molecule has 0 saturated carbocycles. The van der Waals surface area contributed by atoms with Gasteiger partial charge in [0.25, 0.3) is 0 Å². The SMILES string of the molecule is O=C(O)c1cn(-c2cc(F)ccc2Cl)nn1. The fourth-order valence-corrected chi connectivity index (χ4v) is 1.35. The fourth-order valence-electron chi connectivity index (χ4n) is 1.14. The average molecular weight is 242 g/mol. The first-order chi connectivity index (χ1) is 7.58. The van der Waals surface area contributed by atoms with Crippen LogP contribution >= 0.6 is 11.6 Å². The van der Waals surface area contributed by atoms with E-state index < -0.39 is 11.8 Å². The van der Waals surface area contributed by atoms with Gasteiger partial charge in [-0.05, 0) is 12.1 Å².